The van der Waals surface area contributed by atoms with Gasteiger partial charge >= 0.3 is 0 Å². The summed E-state index contributed by atoms with van der Waals surface area (Å²) in [6, 6.07) is 0. The van der Waals surface area contributed by atoms with Crippen molar-refractivity contribution < 1.29 is 0 Å². The maximum absolute atomic E-state index is 5.27. The molecule has 0 saturated carbocycles. The van der Waals surface area contributed by atoms with E-state index in [0.29, 0.717) is 13.1 Å². The van der Waals surface area contributed by atoms with Crippen LogP contribution in [0.4, 0.5) is 0 Å². The highest BCUT2D eigenvalue weighted by Crippen LogP contribution is 1.82. The van der Waals surface area contributed by atoms with Crippen LogP contribution < -0.4 is 22.1 Å². The molecule has 0 atom stereocenters. The Morgan fingerprint density at radius 3 is 1.86 bits per heavy atom. The van der Waals surface area contributed by atoms with Crippen LogP contribution in [-0.4, -0.2) is 82.2 Å². The van der Waals surface area contributed by atoms with E-state index in [1.54, 1.807) is 0 Å². The van der Waals surface area contributed by atoms with Crippen molar-refractivity contribution in [1.29, 1.82) is 0 Å². The van der Waals surface area contributed by atoms with E-state index in [-0.39, 0.29) is 0 Å². The molecule has 6 nitrogen and oxygen atoms in total. The zero-order valence-electron chi connectivity index (χ0n) is 14.0. The molecule has 0 bridgehead atoms. The molecule has 0 unspecified atom stereocenters. The lowest BCUT2D eigenvalue weighted by molar-refractivity contribution is 0.403. The van der Waals surface area contributed by atoms with Crippen LogP contribution in [0.2, 0.25) is 0 Å². The van der Waals surface area contributed by atoms with Crippen molar-refractivity contribution in [1.82, 2.24) is 15.5 Å². The van der Waals surface area contributed by atoms with E-state index in [1.165, 1.54) is 0 Å². The number of hydrogen-bond donors (Lipinski definition) is 4. The fraction of sp³-hybridized carbons (Fsp3) is 0.857. The predicted molar refractivity (Wildman–Crippen MR) is 105 cm³/mol. The molecule has 0 heterocycles. The van der Waals surface area contributed by atoms with Crippen molar-refractivity contribution >= 4 is 28.5 Å². The van der Waals surface area contributed by atoms with Gasteiger partial charge in [0.25, 0.3) is 0 Å². The Kier molecular flexibility index (Phi) is 34.8. The summed E-state index contributed by atoms with van der Waals surface area (Å²) in [5.41, 5.74) is 10.5. The van der Waals surface area contributed by atoms with Gasteiger partial charge < -0.3 is 27.0 Å². The molecule has 0 aromatic rings. The summed E-state index contributed by atoms with van der Waals surface area (Å²) in [5, 5.41) is 6.33. The fourth-order valence-electron chi connectivity index (χ4n) is 1.18. The summed E-state index contributed by atoms with van der Waals surface area (Å²) in [6.45, 7) is 10.4. The molecule has 0 rings (SSSR count). The minimum atomic E-state index is 0.705. The van der Waals surface area contributed by atoms with Gasteiger partial charge in [0, 0.05) is 45.8 Å². The molecule has 0 aromatic heterocycles. The van der Waals surface area contributed by atoms with Gasteiger partial charge in [-0.3, -0.25) is 0 Å². The minimum Gasteiger partial charge on any atom is -0.329 e. The largest absolute Gasteiger partial charge is 0.329 e. The molecule has 7 heteroatoms. The number of hydrogen-bond acceptors (Lipinski definition) is 6. The lowest BCUT2D eigenvalue weighted by Gasteiger charge is -2.05. The van der Waals surface area contributed by atoms with Gasteiger partial charge in [-0.15, -0.1) is 0 Å². The second-order valence-electron chi connectivity index (χ2n) is 4.27. The first-order valence-electron chi connectivity index (χ1n) is 7.21. The Morgan fingerprint density at radius 1 is 1.05 bits per heavy atom. The predicted octanol–water partition coefficient (Wildman–Crippen LogP) is -0.0720. The van der Waals surface area contributed by atoms with Crippen LogP contribution in [0.15, 0.2) is 11.6 Å². The summed E-state index contributed by atoms with van der Waals surface area (Å²) < 4.78 is 0. The van der Waals surface area contributed by atoms with Crippen LogP contribution in [0, 0.1) is 0 Å². The normalized spacial score (nSPS) is 9.10. The molecule has 0 radical (unpaired) electrons. The molecule has 0 aliphatic rings. The highest BCUT2D eigenvalue weighted by Gasteiger charge is 1.86. The molecule has 0 saturated heterocycles. The quantitative estimate of drug-likeness (QED) is 0.164. The van der Waals surface area contributed by atoms with Gasteiger partial charge in [-0.25, -0.2) is 4.99 Å². The zero-order chi connectivity index (χ0) is 16.8. The van der Waals surface area contributed by atoms with Crippen LogP contribution in [0.25, 0.3) is 0 Å². The Morgan fingerprint density at radius 2 is 1.52 bits per heavy atom. The third-order valence-corrected chi connectivity index (χ3v) is 2.11. The summed E-state index contributed by atoms with van der Waals surface area (Å²) in [6.07, 6.45) is 1.09. The van der Waals surface area contributed by atoms with Crippen molar-refractivity contribution in [2.75, 3.05) is 71.4 Å². The smallest absolute Gasteiger partial charge is 0.0495 e. The van der Waals surface area contributed by atoms with Crippen LogP contribution in [-0.2, 0) is 0 Å². The molecular weight excluding hydrogens is 379 g/mol. The lowest BCUT2D eigenvalue weighted by Crippen LogP contribution is -2.32. The van der Waals surface area contributed by atoms with Crippen molar-refractivity contribution in [2.24, 2.45) is 16.5 Å². The molecule has 0 aromatic carbocycles. The second kappa shape index (κ2) is 28.2. The Labute approximate surface area is 145 Å². The standard InChI is InChI=1S/C7H14N2.C6H18N4.CH3I/c1-4-8-6-5-7-9(2)3;7-1-3-9-5-6-10-4-2-8;1-2/h1,5-7H2,2-3H3;9-10H,1-8H2;1H3. The molecule has 0 fully saturated rings. The van der Waals surface area contributed by atoms with Gasteiger partial charge in [0.15, 0.2) is 0 Å². The highest BCUT2D eigenvalue weighted by atomic mass is 127. The van der Waals surface area contributed by atoms with E-state index < -0.39 is 0 Å². The van der Waals surface area contributed by atoms with Crippen LogP contribution >= 0.6 is 22.6 Å². The van der Waals surface area contributed by atoms with Crippen molar-refractivity contribution in [2.45, 2.75) is 6.42 Å². The zero-order valence-corrected chi connectivity index (χ0v) is 16.2. The number of halogens is 1. The lowest BCUT2D eigenvalue weighted by atomic mass is 10.4. The number of aliphatic imine (C=N–C) groups is 1. The first-order chi connectivity index (χ1) is 10.2. The Balaban J connectivity index is -0.000000277. The van der Waals surface area contributed by atoms with E-state index in [0.717, 1.165) is 45.7 Å². The first kappa shape index (κ1) is 25.9. The molecule has 6 N–H and O–H groups in total. The molecule has 128 valence electrons. The molecule has 0 aliphatic carbocycles. The van der Waals surface area contributed by atoms with Crippen LogP contribution in [0.5, 0.6) is 0 Å². The van der Waals surface area contributed by atoms with Crippen molar-refractivity contribution in [3.05, 3.63) is 6.58 Å². The fourth-order valence-corrected chi connectivity index (χ4v) is 1.18. The van der Waals surface area contributed by atoms with Gasteiger partial charge in [-0.05, 0) is 44.4 Å². The average molecular weight is 414 g/mol. The monoisotopic (exact) mass is 414 g/mol. The minimum absolute atomic E-state index is 0.705. The van der Waals surface area contributed by atoms with Gasteiger partial charge in [0.1, 0.15) is 0 Å². The number of nitrogens with one attached hydrogen (secondary N) is 2. The SMILES string of the molecule is C=C=NCCCN(C)C.CI.NCCNCCNCCN. The molecule has 21 heavy (non-hydrogen) atoms. The van der Waals surface area contributed by atoms with E-state index >= 15 is 0 Å². The van der Waals surface area contributed by atoms with E-state index in [4.69, 9.17) is 11.5 Å². The molecular formula is C14H35IN6. The molecule has 0 spiro atoms. The highest BCUT2D eigenvalue weighted by molar-refractivity contribution is 14.1. The van der Waals surface area contributed by atoms with Gasteiger partial charge in [-0.1, -0.05) is 22.6 Å². The molecule has 0 amide bonds. The van der Waals surface area contributed by atoms with Crippen LogP contribution in [0.3, 0.4) is 0 Å². The first-order valence-corrected chi connectivity index (χ1v) is 9.37. The number of alkyl halides is 1. The van der Waals surface area contributed by atoms with E-state index in [1.807, 2.05) is 4.93 Å². The summed E-state index contributed by atoms with van der Waals surface area (Å²) >= 11 is 2.15. The Hall–Kier alpha value is -0.0200. The van der Waals surface area contributed by atoms with E-state index in [9.17, 15) is 0 Å². The molecule has 0 aliphatic heterocycles. The van der Waals surface area contributed by atoms with Crippen molar-refractivity contribution in [3.63, 3.8) is 0 Å². The number of nitrogens with two attached hydrogens (primary N) is 2. The maximum atomic E-state index is 5.27. The van der Waals surface area contributed by atoms with Gasteiger partial charge in [0.2, 0.25) is 0 Å². The van der Waals surface area contributed by atoms with Gasteiger partial charge in [-0.2, -0.15) is 0 Å². The number of rotatable bonds is 11. The van der Waals surface area contributed by atoms with Gasteiger partial charge in [0.05, 0.1) is 0 Å². The summed E-state index contributed by atoms with van der Waals surface area (Å²) in [7, 11) is 4.11. The summed E-state index contributed by atoms with van der Waals surface area (Å²) in [5.74, 6) is 2.50. The van der Waals surface area contributed by atoms with Crippen molar-refractivity contribution in [3.8, 4) is 0 Å². The maximum Gasteiger partial charge on any atom is 0.0495 e. The Bertz CT molecular complexity index is 200. The third-order valence-electron chi connectivity index (χ3n) is 2.11. The number of nitrogens with zero attached hydrogens (tertiary/aromatic N) is 2. The summed E-state index contributed by atoms with van der Waals surface area (Å²) in [4.78, 5) is 7.96. The third kappa shape index (κ3) is 38.3. The topological polar surface area (TPSA) is 91.7 Å². The van der Waals surface area contributed by atoms with E-state index in [2.05, 4.69) is 69.7 Å². The average Bonchev–Trinajstić information content (AvgIpc) is 2.50. The van der Waals surface area contributed by atoms with Crippen LogP contribution in [0.1, 0.15) is 6.42 Å². The second-order valence-corrected chi connectivity index (χ2v) is 4.27.